The first kappa shape index (κ1) is 33.9. The topological polar surface area (TPSA) is 129 Å². The molecule has 1 rings (SSSR count). The molecule has 0 aromatic heterocycles. The molecule has 0 saturated heterocycles. The first-order chi connectivity index (χ1) is 18.4. The lowest BCUT2D eigenvalue weighted by Crippen LogP contribution is -2.52. The van der Waals surface area contributed by atoms with E-state index in [2.05, 4.69) is 10.6 Å². The third kappa shape index (κ3) is 14.0. The van der Waals surface area contributed by atoms with E-state index in [0.717, 1.165) is 5.57 Å². The molecule has 4 N–H and O–H groups in total. The number of esters is 1. The van der Waals surface area contributed by atoms with E-state index < -0.39 is 23.3 Å². The van der Waals surface area contributed by atoms with Crippen LogP contribution in [0.4, 0.5) is 0 Å². The maximum Gasteiger partial charge on any atom is 0.373 e. The van der Waals surface area contributed by atoms with Crippen LogP contribution in [0.1, 0.15) is 60.3 Å². The number of methoxy groups -OCH3 is 1. The van der Waals surface area contributed by atoms with E-state index >= 15 is 0 Å². The quantitative estimate of drug-likeness (QED) is 0.122. The number of cyclic esters (lactones) is 1. The van der Waals surface area contributed by atoms with Gasteiger partial charge in [0.15, 0.2) is 5.76 Å². The van der Waals surface area contributed by atoms with E-state index in [1.807, 2.05) is 45.9 Å². The smallest absolute Gasteiger partial charge is 0.373 e. The Bertz CT molecular complexity index is 1020. The molecule has 216 valence electrons. The van der Waals surface area contributed by atoms with Crippen molar-refractivity contribution in [2.45, 2.75) is 78.6 Å². The molecule has 0 saturated carbocycles. The minimum Gasteiger partial charge on any atom is -0.490 e. The summed E-state index contributed by atoms with van der Waals surface area (Å²) in [4.78, 5) is 41.9. The molecule has 0 aromatic rings. The molecule has 9 nitrogen and oxygen atoms in total. The van der Waals surface area contributed by atoms with Crippen LogP contribution in [-0.4, -0.2) is 43.1 Å². The SMILES string of the molecule is COC1=CCC(C/C=C(C)/C=C/C=C/C(=O)NC(C(=O)N/C=C\CC(C/C=C(\C)Cl)ON)C(C)(C)C)OC1=O. The Morgan fingerprint density at radius 2 is 1.90 bits per heavy atom. The highest BCUT2D eigenvalue weighted by Gasteiger charge is 2.31. The first-order valence-corrected chi connectivity index (χ1v) is 13.2. The first-order valence-electron chi connectivity index (χ1n) is 12.8. The maximum atomic E-state index is 12.8. The largest absolute Gasteiger partial charge is 0.490 e. The van der Waals surface area contributed by atoms with Gasteiger partial charge in [-0.25, -0.2) is 10.7 Å². The molecule has 10 heteroatoms. The van der Waals surface area contributed by atoms with Gasteiger partial charge in [-0.1, -0.05) is 74.4 Å². The second-order valence-electron chi connectivity index (χ2n) is 10.2. The van der Waals surface area contributed by atoms with Gasteiger partial charge < -0.3 is 24.9 Å². The molecule has 39 heavy (non-hydrogen) atoms. The van der Waals surface area contributed by atoms with Crippen LogP contribution in [0.5, 0.6) is 0 Å². The fourth-order valence-corrected chi connectivity index (χ4v) is 3.53. The van der Waals surface area contributed by atoms with E-state index in [9.17, 15) is 14.4 Å². The summed E-state index contributed by atoms with van der Waals surface area (Å²) in [7, 11) is 1.44. The fourth-order valence-electron chi connectivity index (χ4n) is 3.44. The van der Waals surface area contributed by atoms with Crippen LogP contribution >= 0.6 is 11.6 Å². The fraction of sp³-hybridized carbons (Fsp3) is 0.483. The Morgan fingerprint density at radius 1 is 1.21 bits per heavy atom. The van der Waals surface area contributed by atoms with E-state index in [0.29, 0.717) is 30.7 Å². The number of carbonyl (C=O) groups is 3. The number of nitrogens with one attached hydrogen (secondary N) is 2. The van der Waals surface area contributed by atoms with Gasteiger partial charge in [-0.2, -0.15) is 0 Å². The van der Waals surface area contributed by atoms with Crippen molar-refractivity contribution in [2.75, 3.05) is 7.11 Å². The van der Waals surface area contributed by atoms with Gasteiger partial charge in [0.1, 0.15) is 12.1 Å². The van der Waals surface area contributed by atoms with Gasteiger partial charge in [0, 0.05) is 23.9 Å². The van der Waals surface area contributed by atoms with Gasteiger partial charge in [0.2, 0.25) is 11.8 Å². The second-order valence-corrected chi connectivity index (χ2v) is 10.8. The number of rotatable bonds is 14. The van der Waals surface area contributed by atoms with Gasteiger partial charge in [-0.3, -0.25) is 9.59 Å². The zero-order chi connectivity index (χ0) is 29.4. The van der Waals surface area contributed by atoms with Crippen LogP contribution in [0.3, 0.4) is 0 Å². The van der Waals surface area contributed by atoms with Crippen molar-refractivity contribution >= 4 is 29.4 Å². The van der Waals surface area contributed by atoms with Gasteiger partial charge in [0.25, 0.3) is 0 Å². The van der Waals surface area contributed by atoms with Crippen LogP contribution in [0.25, 0.3) is 0 Å². The number of carbonyl (C=O) groups excluding carboxylic acids is 3. The summed E-state index contributed by atoms with van der Waals surface area (Å²) in [6.07, 6.45) is 17.0. The lowest BCUT2D eigenvalue weighted by atomic mass is 9.86. The lowest BCUT2D eigenvalue weighted by molar-refractivity contribution is -0.149. The van der Waals surface area contributed by atoms with E-state index in [1.165, 1.54) is 19.4 Å². The molecule has 2 amide bonds. The standard InChI is InChI=1S/C29H42ClN3O6/c1-20(13-15-22-17-18-24(37-6)28(36)38-22)10-7-8-12-25(34)33-26(29(3,4)5)27(35)32-19-9-11-23(39-31)16-14-21(2)30/h7-10,12-14,18-19,22-23,26H,11,15-17,31H2,1-6H3,(H,32,35)(H,33,34)/b10-7+,12-8+,19-9-,20-13+,21-14+. The highest BCUT2D eigenvalue weighted by molar-refractivity contribution is 6.29. The summed E-state index contributed by atoms with van der Waals surface area (Å²) >= 11 is 5.83. The van der Waals surface area contributed by atoms with Crippen molar-refractivity contribution in [1.82, 2.24) is 10.6 Å². The summed E-state index contributed by atoms with van der Waals surface area (Å²) in [6, 6.07) is -0.765. The molecule has 1 aliphatic heterocycles. The minimum atomic E-state index is -0.765. The molecule has 0 fully saturated rings. The van der Waals surface area contributed by atoms with Crippen molar-refractivity contribution in [3.8, 4) is 0 Å². The Kier molecular flexibility index (Phi) is 15.2. The molecular weight excluding hydrogens is 522 g/mol. The lowest BCUT2D eigenvalue weighted by Gasteiger charge is -2.29. The highest BCUT2D eigenvalue weighted by Crippen LogP contribution is 2.20. The van der Waals surface area contributed by atoms with Crippen molar-refractivity contribution < 1.29 is 28.7 Å². The number of halogens is 1. The predicted molar refractivity (Wildman–Crippen MR) is 153 cm³/mol. The van der Waals surface area contributed by atoms with E-state index in [1.54, 1.807) is 31.2 Å². The van der Waals surface area contributed by atoms with Crippen molar-refractivity contribution in [3.05, 3.63) is 71.2 Å². The normalized spacial score (nSPS) is 18.7. The molecule has 0 aromatic carbocycles. The van der Waals surface area contributed by atoms with Gasteiger partial charge in [0.05, 0.1) is 13.2 Å². The van der Waals surface area contributed by atoms with Gasteiger partial charge >= 0.3 is 5.97 Å². The molecular formula is C29H42ClN3O6. The molecule has 3 unspecified atom stereocenters. The molecule has 0 bridgehead atoms. The van der Waals surface area contributed by atoms with Crippen molar-refractivity contribution in [1.29, 1.82) is 0 Å². The molecule has 0 radical (unpaired) electrons. The van der Waals surface area contributed by atoms with Crippen LogP contribution in [0.15, 0.2) is 71.2 Å². The number of nitrogens with two attached hydrogens (primary N) is 1. The molecule has 3 atom stereocenters. The Balaban J connectivity index is 2.60. The van der Waals surface area contributed by atoms with Crippen molar-refractivity contribution in [2.24, 2.45) is 11.3 Å². The number of allylic oxidation sites excluding steroid dienone is 5. The summed E-state index contributed by atoms with van der Waals surface area (Å²) in [5, 5.41) is 6.13. The third-order valence-corrected chi connectivity index (χ3v) is 5.85. The number of amides is 2. The van der Waals surface area contributed by atoms with Gasteiger partial charge in [-0.05, 0) is 44.4 Å². The van der Waals surface area contributed by atoms with Crippen molar-refractivity contribution in [3.63, 3.8) is 0 Å². The van der Waals surface area contributed by atoms with Crippen LogP contribution in [0.2, 0.25) is 0 Å². The zero-order valence-electron chi connectivity index (χ0n) is 23.7. The molecule has 0 spiro atoms. The summed E-state index contributed by atoms with van der Waals surface area (Å²) in [6.45, 7) is 9.29. The number of ether oxygens (including phenoxy) is 2. The zero-order valence-corrected chi connectivity index (χ0v) is 24.4. The Morgan fingerprint density at radius 3 is 2.49 bits per heavy atom. The average Bonchev–Trinajstić information content (AvgIpc) is 2.87. The van der Waals surface area contributed by atoms with E-state index in [-0.39, 0.29) is 23.9 Å². The summed E-state index contributed by atoms with van der Waals surface area (Å²) in [5.74, 6) is 4.35. The minimum absolute atomic E-state index is 0.232. The Hall–Kier alpha value is -3.14. The Labute approximate surface area is 236 Å². The van der Waals surface area contributed by atoms with Gasteiger partial charge in [-0.15, -0.1) is 0 Å². The summed E-state index contributed by atoms with van der Waals surface area (Å²) < 4.78 is 10.3. The van der Waals surface area contributed by atoms with E-state index in [4.69, 9.17) is 31.8 Å². The monoisotopic (exact) mass is 563 g/mol. The maximum absolute atomic E-state index is 12.8. The average molecular weight is 564 g/mol. The highest BCUT2D eigenvalue weighted by atomic mass is 35.5. The van der Waals surface area contributed by atoms with Crippen LogP contribution in [-0.2, 0) is 28.7 Å². The van der Waals surface area contributed by atoms with Crippen LogP contribution < -0.4 is 16.5 Å². The predicted octanol–water partition coefficient (Wildman–Crippen LogP) is 4.62. The molecule has 0 aliphatic carbocycles. The van der Waals surface area contributed by atoms with Crippen LogP contribution in [0, 0.1) is 5.41 Å². The third-order valence-electron chi connectivity index (χ3n) is 5.69. The number of hydrogen-bond donors (Lipinski definition) is 3. The molecule has 1 aliphatic rings. The molecule has 1 heterocycles. The summed E-state index contributed by atoms with van der Waals surface area (Å²) in [5.41, 5.74) is 0.427. The number of hydrogen-bond acceptors (Lipinski definition) is 7. The second kappa shape index (κ2) is 17.4.